The van der Waals surface area contributed by atoms with Crippen LogP contribution >= 0.6 is 27.3 Å². The van der Waals surface area contributed by atoms with Gasteiger partial charge in [0.05, 0.1) is 18.9 Å². The van der Waals surface area contributed by atoms with Crippen LogP contribution in [0.25, 0.3) is 0 Å². The van der Waals surface area contributed by atoms with Gasteiger partial charge < -0.3 is 4.74 Å². The molecule has 0 aromatic carbocycles. The number of aromatic nitrogens is 1. The lowest BCUT2D eigenvalue weighted by Gasteiger charge is -2.27. The highest BCUT2D eigenvalue weighted by molar-refractivity contribution is 9.08. The Hall–Kier alpha value is -0.0000000000000000486. The summed E-state index contributed by atoms with van der Waals surface area (Å²) in [5, 5.41) is 3.20. The van der Waals surface area contributed by atoms with Crippen molar-refractivity contribution in [3.05, 3.63) is 16.1 Å². The Labute approximate surface area is 94.6 Å². The molecule has 1 aliphatic heterocycles. The maximum Gasteiger partial charge on any atom is 0.166 e. The third-order valence-electron chi connectivity index (χ3n) is 2.36. The van der Waals surface area contributed by atoms with Gasteiger partial charge in [0.25, 0.3) is 0 Å². The number of alkyl halides is 2. The molecule has 2 heterocycles. The van der Waals surface area contributed by atoms with Crippen molar-refractivity contribution in [3.8, 4) is 0 Å². The molecule has 0 radical (unpaired) electrons. The van der Waals surface area contributed by atoms with E-state index >= 15 is 0 Å². The van der Waals surface area contributed by atoms with E-state index < -0.39 is 5.67 Å². The van der Waals surface area contributed by atoms with Crippen molar-refractivity contribution in [2.45, 2.75) is 23.8 Å². The van der Waals surface area contributed by atoms with E-state index in [-0.39, 0.29) is 0 Å². The van der Waals surface area contributed by atoms with Crippen LogP contribution < -0.4 is 0 Å². The molecule has 0 N–H and O–H groups in total. The zero-order chi connectivity index (χ0) is 10.0. The van der Waals surface area contributed by atoms with Gasteiger partial charge in [-0.05, 0) is 0 Å². The van der Waals surface area contributed by atoms with Crippen LogP contribution in [0.2, 0.25) is 0 Å². The molecule has 0 atom stereocenters. The van der Waals surface area contributed by atoms with Gasteiger partial charge in [0.1, 0.15) is 5.01 Å². The molecule has 1 fully saturated rings. The third kappa shape index (κ3) is 1.99. The smallest absolute Gasteiger partial charge is 0.166 e. The quantitative estimate of drug-likeness (QED) is 0.777. The molecule has 1 saturated heterocycles. The highest BCUT2D eigenvalue weighted by Crippen LogP contribution is 2.37. The van der Waals surface area contributed by atoms with Gasteiger partial charge in [-0.25, -0.2) is 9.37 Å². The highest BCUT2D eigenvalue weighted by Gasteiger charge is 2.37. The number of nitrogens with zero attached hydrogens (tertiary/aromatic N) is 1. The minimum absolute atomic E-state index is 0.433. The fourth-order valence-electron chi connectivity index (χ4n) is 1.48. The largest absolute Gasteiger partial charge is 0.381 e. The number of rotatable bonds is 2. The normalized spacial score (nSPS) is 21.0. The Balaban J connectivity index is 2.19. The van der Waals surface area contributed by atoms with Crippen LogP contribution in [0.4, 0.5) is 4.39 Å². The first-order valence-corrected chi connectivity index (χ1v) is 6.52. The van der Waals surface area contributed by atoms with Crippen molar-refractivity contribution in [2.75, 3.05) is 13.2 Å². The predicted octanol–water partition coefficient (Wildman–Crippen LogP) is 3.01. The van der Waals surface area contributed by atoms with Crippen LogP contribution in [0.15, 0.2) is 5.38 Å². The standard InChI is InChI=1S/C9H11BrFNOS/c10-5-7-6-14-8(12-7)9(11)1-3-13-4-2-9/h6H,1-5H2. The molecule has 0 aliphatic carbocycles. The summed E-state index contributed by atoms with van der Waals surface area (Å²) in [5.41, 5.74) is -0.336. The first kappa shape index (κ1) is 10.5. The van der Waals surface area contributed by atoms with Gasteiger partial charge in [-0.15, -0.1) is 11.3 Å². The number of halogens is 2. The lowest BCUT2D eigenvalue weighted by molar-refractivity contribution is -0.0116. The van der Waals surface area contributed by atoms with E-state index in [1.54, 1.807) is 0 Å². The molecule has 0 unspecified atom stereocenters. The summed E-state index contributed by atoms with van der Waals surface area (Å²) in [6, 6.07) is 0. The van der Waals surface area contributed by atoms with Crippen molar-refractivity contribution in [1.82, 2.24) is 4.98 Å². The minimum Gasteiger partial charge on any atom is -0.381 e. The van der Waals surface area contributed by atoms with Gasteiger partial charge in [-0.1, -0.05) is 15.9 Å². The number of ether oxygens (including phenoxy) is 1. The van der Waals surface area contributed by atoms with Gasteiger partial charge in [-0.3, -0.25) is 0 Å². The monoisotopic (exact) mass is 279 g/mol. The molecular formula is C9H11BrFNOS. The topological polar surface area (TPSA) is 22.1 Å². The second-order valence-electron chi connectivity index (χ2n) is 3.36. The van der Waals surface area contributed by atoms with Gasteiger partial charge >= 0.3 is 0 Å². The fraction of sp³-hybridized carbons (Fsp3) is 0.667. The molecule has 14 heavy (non-hydrogen) atoms. The lowest BCUT2D eigenvalue weighted by atomic mass is 9.97. The van der Waals surface area contributed by atoms with E-state index in [1.807, 2.05) is 5.38 Å². The van der Waals surface area contributed by atoms with Crippen molar-refractivity contribution in [3.63, 3.8) is 0 Å². The average molecular weight is 280 g/mol. The molecule has 0 spiro atoms. The van der Waals surface area contributed by atoms with Crippen LogP contribution in [-0.2, 0) is 15.7 Å². The summed E-state index contributed by atoms with van der Waals surface area (Å²) >= 11 is 4.72. The van der Waals surface area contributed by atoms with Gasteiger partial charge in [-0.2, -0.15) is 0 Å². The predicted molar refractivity (Wildman–Crippen MR) is 57.6 cm³/mol. The minimum atomic E-state index is -1.25. The van der Waals surface area contributed by atoms with Crippen LogP contribution in [0.3, 0.4) is 0 Å². The highest BCUT2D eigenvalue weighted by atomic mass is 79.9. The lowest BCUT2D eigenvalue weighted by Crippen LogP contribution is -2.29. The molecule has 5 heteroatoms. The zero-order valence-electron chi connectivity index (χ0n) is 7.63. The molecule has 0 bridgehead atoms. The van der Waals surface area contributed by atoms with E-state index in [9.17, 15) is 4.39 Å². The first-order chi connectivity index (χ1) is 6.74. The first-order valence-electron chi connectivity index (χ1n) is 4.52. The second kappa shape index (κ2) is 4.24. The van der Waals surface area contributed by atoms with Crippen LogP contribution in [0.5, 0.6) is 0 Å². The van der Waals surface area contributed by atoms with E-state index in [1.165, 1.54) is 11.3 Å². The van der Waals surface area contributed by atoms with E-state index in [2.05, 4.69) is 20.9 Å². The molecule has 0 amide bonds. The van der Waals surface area contributed by atoms with E-state index in [0.717, 1.165) is 5.69 Å². The second-order valence-corrected chi connectivity index (χ2v) is 4.77. The molecule has 1 aliphatic rings. The Morgan fingerprint density at radius 1 is 1.57 bits per heavy atom. The molecule has 2 nitrogen and oxygen atoms in total. The summed E-state index contributed by atoms with van der Waals surface area (Å²) in [7, 11) is 0. The molecule has 2 rings (SSSR count). The van der Waals surface area contributed by atoms with Crippen LogP contribution in [0, 0.1) is 0 Å². The molecule has 1 aromatic rings. The molecule has 78 valence electrons. The Morgan fingerprint density at radius 2 is 2.29 bits per heavy atom. The number of hydrogen-bond donors (Lipinski definition) is 0. The Kier molecular flexibility index (Phi) is 3.19. The van der Waals surface area contributed by atoms with Gasteiger partial charge in [0.2, 0.25) is 0 Å². The number of thiazole rings is 1. The summed E-state index contributed by atoms with van der Waals surface area (Å²) in [4.78, 5) is 4.27. The summed E-state index contributed by atoms with van der Waals surface area (Å²) in [6.45, 7) is 0.999. The Bertz CT molecular complexity index is 312. The summed E-state index contributed by atoms with van der Waals surface area (Å²) in [6.07, 6.45) is 0.866. The molecule has 1 aromatic heterocycles. The van der Waals surface area contributed by atoms with Crippen LogP contribution in [-0.4, -0.2) is 18.2 Å². The zero-order valence-corrected chi connectivity index (χ0v) is 10.0. The summed E-state index contributed by atoms with van der Waals surface area (Å²) < 4.78 is 19.5. The maximum atomic E-state index is 14.3. The van der Waals surface area contributed by atoms with Crippen molar-refractivity contribution >= 4 is 27.3 Å². The summed E-state index contributed by atoms with van der Waals surface area (Å²) in [5.74, 6) is 0. The number of hydrogen-bond acceptors (Lipinski definition) is 3. The molecular weight excluding hydrogens is 269 g/mol. The third-order valence-corrected chi connectivity index (χ3v) is 4.00. The van der Waals surface area contributed by atoms with E-state index in [0.29, 0.717) is 36.4 Å². The SMILES string of the molecule is FC1(c2nc(CBr)cs2)CCOCC1. The van der Waals surface area contributed by atoms with Crippen molar-refractivity contribution in [1.29, 1.82) is 0 Å². The molecule has 0 saturated carbocycles. The van der Waals surface area contributed by atoms with Crippen molar-refractivity contribution < 1.29 is 9.13 Å². The van der Waals surface area contributed by atoms with E-state index in [4.69, 9.17) is 4.74 Å². The Morgan fingerprint density at radius 3 is 2.86 bits per heavy atom. The van der Waals surface area contributed by atoms with Crippen molar-refractivity contribution in [2.24, 2.45) is 0 Å². The maximum absolute atomic E-state index is 14.3. The average Bonchev–Trinajstić information content (AvgIpc) is 2.67. The van der Waals surface area contributed by atoms with Gasteiger partial charge in [0, 0.05) is 23.6 Å². The fourth-order valence-corrected chi connectivity index (χ4v) is 2.95. The van der Waals surface area contributed by atoms with Gasteiger partial charge in [0.15, 0.2) is 5.67 Å². The van der Waals surface area contributed by atoms with Crippen LogP contribution in [0.1, 0.15) is 23.5 Å².